The fraction of sp³-hybridized carbons (Fsp3) is 0.857. The minimum absolute atomic E-state index is 0.0229. The van der Waals surface area contributed by atoms with Crippen molar-refractivity contribution >= 4 is 12.0 Å². The van der Waals surface area contributed by atoms with E-state index >= 15 is 0 Å². The van der Waals surface area contributed by atoms with Gasteiger partial charge in [0.05, 0.1) is 6.42 Å². The molecular weight excluding hydrogens is 258 g/mol. The smallest absolute Gasteiger partial charge is 0.317 e. The monoisotopic (exact) mass is 285 g/mol. The van der Waals surface area contributed by atoms with Gasteiger partial charge in [0.1, 0.15) is 0 Å². The molecule has 0 radical (unpaired) electrons. The molecule has 0 aliphatic carbocycles. The van der Waals surface area contributed by atoms with E-state index in [-0.39, 0.29) is 23.9 Å². The van der Waals surface area contributed by atoms with Gasteiger partial charge < -0.3 is 15.3 Å². The summed E-state index contributed by atoms with van der Waals surface area (Å²) in [5, 5.41) is 11.7. The summed E-state index contributed by atoms with van der Waals surface area (Å²) in [5.74, 6) is -0.774. The van der Waals surface area contributed by atoms with Gasteiger partial charge in [0.2, 0.25) is 0 Å². The van der Waals surface area contributed by atoms with Gasteiger partial charge in [0.25, 0.3) is 0 Å². The van der Waals surface area contributed by atoms with Crippen molar-refractivity contribution in [1.29, 1.82) is 0 Å². The van der Waals surface area contributed by atoms with Crippen molar-refractivity contribution in [2.75, 3.05) is 32.7 Å². The van der Waals surface area contributed by atoms with Gasteiger partial charge in [-0.3, -0.25) is 9.69 Å². The second-order valence-corrected chi connectivity index (χ2v) is 6.51. The summed E-state index contributed by atoms with van der Waals surface area (Å²) >= 11 is 0. The molecule has 0 spiro atoms. The Morgan fingerprint density at radius 2 is 1.75 bits per heavy atom. The van der Waals surface area contributed by atoms with E-state index in [1.165, 1.54) is 0 Å². The standard InChI is InChI=1S/C14H27N3O3/c1-11(14(2,3)4)15-13(20)17-9-7-16(8-10-17)6-5-12(18)19/h11H,5-10H2,1-4H3,(H,15,20)(H,18,19). The summed E-state index contributed by atoms with van der Waals surface area (Å²) in [6.07, 6.45) is 0.160. The largest absolute Gasteiger partial charge is 0.481 e. The first kappa shape index (κ1) is 16.8. The van der Waals surface area contributed by atoms with E-state index in [1.807, 2.05) is 6.92 Å². The van der Waals surface area contributed by atoms with Crippen molar-refractivity contribution in [3.63, 3.8) is 0 Å². The number of carbonyl (C=O) groups excluding carboxylic acids is 1. The fourth-order valence-electron chi connectivity index (χ4n) is 1.92. The molecule has 2 amide bonds. The average molecular weight is 285 g/mol. The highest BCUT2D eigenvalue weighted by atomic mass is 16.4. The molecule has 1 aliphatic rings. The van der Waals surface area contributed by atoms with Crippen LogP contribution in [-0.4, -0.2) is 65.7 Å². The molecule has 1 unspecified atom stereocenters. The summed E-state index contributed by atoms with van der Waals surface area (Å²) in [7, 11) is 0. The van der Waals surface area contributed by atoms with E-state index in [0.29, 0.717) is 19.6 Å². The molecule has 0 aromatic heterocycles. The van der Waals surface area contributed by atoms with Crippen LogP contribution in [0.25, 0.3) is 0 Å². The summed E-state index contributed by atoms with van der Waals surface area (Å²) in [4.78, 5) is 26.6. The maximum Gasteiger partial charge on any atom is 0.317 e. The molecule has 6 nitrogen and oxygen atoms in total. The van der Waals surface area contributed by atoms with Crippen LogP contribution in [0, 0.1) is 5.41 Å². The Bertz CT molecular complexity index is 344. The maximum atomic E-state index is 12.1. The lowest BCUT2D eigenvalue weighted by molar-refractivity contribution is -0.137. The van der Waals surface area contributed by atoms with Crippen LogP contribution in [0.15, 0.2) is 0 Å². The Kier molecular flexibility index (Phi) is 5.80. The first-order valence-corrected chi connectivity index (χ1v) is 7.19. The first-order chi connectivity index (χ1) is 9.20. The molecule has 1 heterocycles. The highest BCUT2D eigenvalue weighted by Gasteiger charge is 2.26. The van der Waals surface area contributed by atoms with E-state index in [0.717, 1.165) is 13.1 Å². The molecule has 20 heavy (non-hydrogen) atoms. The number of rotatable bonds is 4. The number of carboxylic acids is 1. The molecule has 0 aromatic carbocycles. The molecule has 0 aromatic rings. The number of urea groups is 1. The zero-order valence-electron chi connectivity index (χ0n) is 13.0. The fourth-order valence-corrected chi connectivity index (χ4v) is 1.92. The van der Waals surface area contributed by atoms with E-state index < -0.39 is 5.97 Å². The Morgan fingerprint density at radius 3 is 2.20 bits per heavy atom. The molecule has 1 atom stereocenters. The van der Waals surface area contributed by atoms with Crippen molar-refractivity contribution in [1.82, 2.24) is 15.1 Å². The van der Waals surface area contributed by atoms with Crippen molar-refractivity contribution in [2.45, 2.75) is 40.2 Å². The van der Waals surface area contributed by atoms with Gasteiger partial charge in [0.15, 0.2) is 0 Å². The second-order valence-electron chi connectivity index (χ2n) is 6.51. The first-order valence-electron chi connectivity index (χ1n) is 7.19. The molecule has 0 saturated carbocycles. The minimum atomic E-state index is -0.774. The van der Waals surface area contributed by atoms with Crippen LogP contribution in [0.5, 0.6) is 0 Å². The average Bonchev–Trinajstić information content (AvgIpc) is 2.35. The van der Waals surface area contributed by atoms with Crippen LogP contribution >= 0.6 is 0 Å². The van der Waals surface area contributed by atoms with Crippen molar-refractivity contribution in [3.8, 4) is 0 Å². The van der Waals surface area contributed by atoms with Gasteiger partial charge in [-0.2, -0.15) is 0 Å². The van der Waals surface area contributed by atoms with Crippen molar-refractivity contribution in [2.24, 2.45) is 5.41 Å². The van der Waals surface area contributed by atoms with E-state index in [2.05, 4.69) is 31.0 Å². The molecule has 0 bridgehead atoms. The number of hydrogen-bond donors (Lipinski definition) is 2. The van der Waals surface area contributed by atoms with Crippen LogP contribution in [-0.2, 0) is 4.79 Å². The van der Waals surface area contributed by atoms with Crippen LogP contribution in [0.3, 0.4) is 0 Å². The van der Waals surface area contributed by atoms with Gasteiger partial charge in [-0.15, -0.1) is 0 Å². The van der Waals surface area contributed by atoms with Crippen LogP contribution < -0.4 is 5.32 Å². The molecule has 6 heteroatoms. The number of carboxylic acid groups (broad SMARTS) is 1. The van der Waals surface area contributed by atoms with Crippen LogP contribution in [0.4, 0.5) is 4.79 Å². The van der Waals surface area contributed by atoms with Crippen molar-refractivity contribution < 1.29 is 14.7 Å². The molecule has 1 rings (SSSR count). The topological polar surface area (TPSA) is 72.9 Å². The number of aliphatic carboxylic acids is 1. The number of nitrogens with one attached hydrogen (secondary N) is 1. The SMILES string of the molecule is CC(NC(=O)N1CCN(CCC(=O)O)CC1)C(C)(C)C. The van der Waals surface area contributed by atoms with Crippen molar-refractivity contribution in [3.05, 3.63) is 0 Å². The van der Waals surface area contributed by atoms with Gasteiger partial charge in [-0.25, -0.2) is 4.79 Å². The summed E-state index contributed by atoms with van der Waals surface area (Å²) in [6, 6.07) is 0.0883. The molecule has 116 valence electrons. The van der Waals surface area contributed by atoms with Crippen LogP contribution in [0.2, 0.25) is 0 Å². The van der Waals surface area contributed by atoms with Crippen LogP contribution in [0.1, 0.15) is 34.1 Å². The lowest BCUT2D eigenvalue weighted by Gasteiger charge is -2.36. The summed E-state index contributed by atoms with van der Waals surface area (Å²) in [6.45, 7) is 11.7. The number of piperazine rings is 1. The molecule has 1 saturated heterocycles. The third kappa shape index (κ3) is 5.36. The molecule has 1 aliphatic heterocycles. The number of nitrogens with zero attached hydrogens (tertiary/aromatic N) is 2. The predicted octanol–water partition coefficient (Wildman–Crippen LogP) is 1.22. The molecule has 2 N–H and O–H groups in total. The Hall–Kier alpha value is -1.30. The lowest BCUT2D eigenvalue weighted by atomic mass is 9.88. The zero-order valence-corrected chi connectivity index (χ0v) is 13.0. The quantitative estimate of drug-likeness (QED) is 0.814. The number of hydrogen-bond acceptors (Lipinski definition) is 3. The third-order valence-corrected chi connectivity index (χ3v) is 3.94. The summed E-state index contributed by atoms with van der Waals surface area (Å²) in [5.41, 5.74) is 0.0406. The van der Waals surface area contributed by atoms with E-state index in [9.17, 15) is 9.59 Å². The molecule has 1 fully saturated rings. The zero-order chi connectivity index (χ0) is 15.3. The molecular formula is C14H27N3O3. The lowest BCUT2D eigenvalue weighted by Crippen LogP contribution is -2.54. The minimum Gasteiger partial charge on any atom is -0.481 e. The Morgan fingerprint density at radius 1 is 1.20 bits per heavy atom. The number of carbonyl (C=O) groups is 2. The van der Waals surface area contributed by atoms with Gasteiger partial charge in [0, 0.05) is 38.8 Å². The van der Waals surface area contributed by atoms with Gasteiger partial charge in [-0.1, -0.05) is 20.8 Å². The Labute approximate surface area is 121 Å². The Balaban J connectivity index is 2.34. The van der Waals surface area contributed by atoms with Gasteiger partial charge in [-0.05, 0) is 12.3 Å². The number of amides is 2. The second kappa shape index (κ2) is 6.92. The third-order valence-electron chi connectivity index (χ3n) is 3.94. The summed E-state index contributed by atoms with van der Waals surface area (Å²) < 4.78 is 0. The predicted molar refractivity (Wildman–Crippen MR) is 77.7 cm³/mol. The highest BCUT2D eigenvalue weighted by molar-refractivity contribution is 5.74. The normalized spacial score (nSPS) is 18.7. The maximum absolute atomic E-state index is 12.1. The van der Waals surface area contributed by atoms with E-state index in [1.54, 1.807) is 4.90 Å². The van der Waals surface area contributed by atoms with E-state index in [4.69, 9.17) is 5.11 Å². The van der Waals surface area contributed by atoms with Gasteiger partial charge >= 0.3 is 12.0 Å². The highest BCUT2D eigenvalue weighted by Crippen LogP contribution is 2.18.